The van der Waals surface area contributed by atoms with E-state index in [1.807, 2.05) is 0 Å². The zero-order valence-corrected chi connectivity index (χ0v) is 6.41. The molecule has 0 aliphatic heterocycles. The summed E-state index contributed by atoms with van der Waals surface area (Å²) < 4.78 is 9.42. The number of carbonyl (C=O) groups is 1. The Balaban J connectivity index is 3.15. The smallest absolute Gasteiger partial charge is 0.332 e. The van der Waals surface area contributed by atoms with E-state index in [1.165, 1.54) is 6.08 Å². The summed E-state index contributed by atoms with van der Waals surface area (Å²) in [6.07, 6.45) is 1.50. The molecule has 2 N–H and O–H groups in total. The van der Waals surface area contributed by atoms with Gasteiger partial charge in [0.1, 0.15) is 13.2 Å². The Bertz CT molecular complexity index is 125. The first-order valence-corrected chi connectivity index (χ1v) is 3.35. The van der Waals surface area contributed by atoms with E-state index in [-0.39, 0.29) is 13.2 Å². The van der Waals surface area contributed by atoms with Gasteiger partial charge in [-0.1, -0.05) is 12.7 Å². The fraction of sp³-hybridized carbons (Fsp3) is 0.571. The van der Waals surface area contributed by atoms with Crippen LogP contribution < -0.4 is 5.73 Å². The van der Waals surface area contributed by atoms with Crippen molar-refractivity contribution in [1.29, 1.82) is 0 Å². The molecule has 0 aliphatic carbocycles. The maximum Gasteiger partial charge on any atom is 0.332 e. The van der Waals surface area contributed by atoms with E-state index in [0.29, 0.717) is 13.2 Å². The molecule has 0 saturated heterocycles. The van der Waals surface area contributed by atoms with E-state index in [0.717, 1.165) is 0 Å². The van der Waals surface area contributed by atoms with Gasteiger partial charge < -0.3 is 15.2 Å². The summed E-state index contributed by atoms with van der Waals surface area (Å²) in [7, 11) is 0. The molecule has 0 saturated carbocycles. The van der Waals surface area contributed by atoms with Crippen LogP contribution in [0.15, 0.2) is 12.7 Å². The molecule has 0 aromatic rings. The summed E-state index contributed by atoms with van der Waals surface area (Å²) in [5, 5.41) is 0. The minimum atomic E-state index is -0.390. The van der Waals surface area contributed by atoms with Gasteiger partial charge in [0.2, 0.25) is 0 Å². The van der Waals surface area contributed by atoms with E-state index < -0.39 is 5.97 Å². The van der Waals surface area contributed by atoms with Crippen LogP contribution >= 0.6 is 0 Å². The summed E-state index contributed by atoms with van der Waals surface area (Å²) in [4.78, 5) is 10.6. The van der Waals surface area contributed by atoms with Crippen LogP contribution in [0.5, 0.6) is 0 Å². The van der Waals surface area contributed by atoms with Crippen molar-refractivity contribution in [2.45, 2.75) is 0 Å². The highest BCUT2D eigenvalue weighted by atomic mass is 16.6. The van der Waals surface area contributed by atoms with Crippen LogP contribution in [-0.2, 0) is 14.3 Å². The van der Waals surface area contributed by atoms with E-state index in [1.54, 1.807) is 0 Å². The molecule has 0 aromatic carbocycles. The summed E-state index contributed by atoms with van der Waals surface area (Å²) in [5.74, 6) is -0.390. The molecule has 0 heterocycles. The zero-order valence-electron chi connectivity index (χ0n) is 6.41. The van der Waals surface area contributed by atoms with Gasteiger partial charge in [-0.25, -0.2) is 4.79 Å². The van der Waals surface area contributed by atoms with Crippen LogP contribution in [0.2, 0.25) is 0 Å². The standard InChI is InChI=1S/C7H13NO3/c1-2-4-11-7(9)6-10-5-3-8/h2H,1,3-6,8H2. The molecule has 0 bridgehead atoms. The van der Waals surface area contributed by atoms with E-state index in [4.69, 9.17) is 10.5 Å². The monoisotopic (exact) mass is 159 g/mol. The fourth-order valence-electron chi connectivity index (χ4n) is 0.432. The average Bonchev–Trinajstić information content (AvgIpc) is 2.01. The molecular formula is C7H13NO3. The third-order valence-electron chi connectivity index (χ3n) is 0.844. The molecular weight excluding hydrogens is 146 g/mol. The quantitative estimate of drug-likeness (QED) is 0.328. The molecule has 0 fully saturated rings. The lowest BCUT2D eigenvalue weighted by molar-refractivity contribution is -0.147. The highest BCUT2D eigenvalue weighted by Gasteiger charge is 1.99. The lowest BCUT2D eigenvalue weighted by Crippen LogP contribution is -2.16. The third kappa shape index (κ3) is 7.02. The number of esters is 1. The van der Waals surface area contributed by atoms with Gasteiger partial charge in [0.05, 0.1) is 6.61 Å². The van der Waals surface area contributed by atoms with Gasteiger partial charge in [-0.2, -0.15) is 0 Å². The van der Waals surface area contributed by atoms with Crippen molar-refractivity contribution in [2.24, 2.45) is 5.73 Å². The van der Waals surface area contributed by atoms with Gasteiger partial charge in [0.15, 0.2) is 0 Å². The van der Waals surface area contributed by atoms with Gasteiger partial charge in [-0.15, -0.1) is 0 Å². The van der Waals surface area contributed by atoms with Crippen LogP contribution in [0.1, 0.15) is 0 Å². The van der Waals surface area contributed by atoms with Crippen molar-refractivity contribution < 1.29 is 14.3 Å². The van der Waals surface area contributed by atoms with Crippen molar-refractivity contribution >= 4 is 5.97 Å². The molecule has 0 rings (SSSR count). The van der Waals surface area contributed by atoms with E-state index >= 15 is 0 Å². The van der Waals surface area contributed by atoms with Gasteiger partial charge in [-0.05, 0) is 0 Å². The Morgan fingerprint density at radius 3 is 2.91 bits per heavy atom. The maximum absolute atomic E-state index is 10.6. The summed E-state index contributed by atoms with van der Waals surface area (Å²) in [5.41, 5.74) is 5.12. The van der Waals surface area contributed by atoms with Crippen LogP contribution in [-0.4, -0.2) is 32.3 Å². The first-order valence-electron chi connectivity index (χ1n) is 3.35. The molecule has 0 atom stereocenters. The molecule has 0 spiro atoms. The van der Waals surface area contributed by atoms with Crippen molar-refractivity contribution in [3.8, 4) is 0 Å². The van der Waals surface area contributed by atoms with Crippen molar-refractivity contribution in [3.63, 3.8) is 0 Å². The number of rotatable bonds is 6. The Kier molecular flexibility index (Phi) is 6.67. The molecule has 0 amide bonds. The van der Waals surface area contributed by atoms with Crippen LogP contribution in [0.25, 0.3) is 0 Å². The van der Waals surface area contributed by atoms with Crippen LogP contribution in [0.3, 0.4) is 0 Å². The molecule has 4 nitrogen and oxygen atoms in total. The lowest BCUT2D eigenvalue weighted by atomic mass is 10.6. The van der Waals surface area contributed by atoms with E-state index in [9.17, 15) is 4.79 Å². The maximum atomic E-state index is 10.6. The Morgan fingerprint density at radius 2 is 2.36 bits per heavy atom. The molecule has 0 aliphatic rings. The largest absolute Gasteiger partial charge is 0.460 e. The fourth-order valence-corrected chi connectivity index (χ4v) is 0.432. The van der Waals surface area contributed by atoms with Crippen molar-refractivity contribution in [3.05, 3.63) is 12.7 Å². The van der Waals surface area contributed by atoms with E-state index in [2.05, 4.69) is 11.3 Å². The Morgan fingerprint density at radius 1 is 1.64 bits per heavy atom. The summed E-state index contributed by atoms with van der Waals surface area (Å²) in [6, 6.07) is 0. The molecule has 0 aromatic heterocycles. The third-order valence-corrected chi connectivity index (χ3v) is 0.844. The topological polar surface area (TPSA) is 61.5 Å². The molecule has 11 heavy (non-hydrogen) atoms. The van der Waals surface area contributed by atoms with Gasteiger partial charge in [-0.3, -0.25) is 0 Å². The zero-order chi connectivity index (χ0) is 8.53. The van der Waals surface area contributed by atoms with Crippen LogP contribution in [0, 0.1) is 0 Å². The Hall–Kier alpha value is -0.870. The first-order chi connectivity index (χ1) is 5.31. The number of hydrogen-bond acceptors (Lipinski definition) is 4. The predicted molar refractivity (Wildman–Crippen MR) is 41.0 cm³/mol. The van der Waals surface area contributed by atoms with Gasteiger partial charge in [0, 0.05) is 6.54 Å². The first kappa shape index (κ1) is 10.1. The van der Waals surface area contributed by atoms with Gasteiger partial charge >= 0.3 is 5.97 Å². The second-order valence-corrected chi connectivity index (χ2v) is 1.81. The number of carbonyl (C=O) groups excluding carboxylic acids is 1. The van der Waals surface area contributed by atoms with Crippen molar-refractivity contribution in [2.75, 3.05) is 26.4 Å². The SMILES string of the molecule is C=CCOC(=O)COCCN. The molecule has 0 unspecified atom stereocenters. The van der Waals surface area contributed by atoms with Crippen LogP contribution in [0.4, 0.5) is 0 Å². The molecule has 64 valence electrons. The number of hydrogen-bond donors (Lipinski definition) is 1. The normalized spacial score (nSPS) is 9.18. The summed E-state index contributed by atoms with van der Waals surface area (Å²) in [6.45, 7) is 4.37. The molecule has 4 heteroatoms. The number of nitrogens with two attached hydrogens (primary N) is 1. The lowest BCUT2D eigenvalue weighted by Gasteiger charge is -2.01. The minimum Gasteiger partial charge on any atom is -0.460 e. The number of ether oxygens (including phenoxy) is 2. The highest BCUT2D eigenvalue weighted by molar-refractivity contribution is 5.70. The van der Waals surface area contributed by atoms with Crippen molar-refractivity contribution in [1.82, 2.24) is 0 Å². The predicted octanol–water partition coefficient (Wildman–Crippen LogP) is -0.309. The molecule has 0 radical (unpaired) electrons. The average molecular weight is 159 g/mol. The Labute approximate surface area is 66.0 Å². The second kappa shape index (κ2) is 7.24. The highest BCUT2D eigenvalue weighted by Crippen LogP contribution is 1.80. The minimum absolute atomic E-state index is 0.0367. The van der Waals surface area contributed by atoms with Gasteiger partial charge in [0.25, 0.3) is 0 Å². The second-order valence-electron chi connectivity index (χ2n) is 1.81. The summed E-state index contributed by atoms with van der Waals surface area (Å²) >= 11 is 0.